The van der Waals surface area contributed by atoms with E-state index < -0.39 is 5.91 Å². The van der Waals surface area contributed by atoms with Gasteiger partial charge in [0.15, 0.2) is 11.3 Å². The van der Waals surface area contributed by atoms with E-state index in [9.17, 15) is 4.79 Å². The van der Waals surface area contributed by atoms with Crippen LogP contribution in [0.25, 0.3) is 33.9 Å². The van der Waals surface area contributed by atoms with Crippen LogP contribution >= 0.6 is 34.8 Å². The Balaban J connectivity index is 1.37. The van der Waals surface area contributed by atoms with E-state index in [4.69, 9.17) is 48.4 Å². The van der Waals surface area contributed by atoms with E-state index in [0.717, 1.165) is 0 Å². The lowest BCUT2D eigenvalue weighted by molar-refractivity contribution is 0.0997. The number of carbonyl (C=O) groups is 1. The summed E-state index contributed by atoms with van der Waals surface area (Å²) in [5.41, 5.74) is 2.98. The molecule has 0 aliphatic rings. The Morgan fingerprint density at radius 2 is 1.76 bits per heavy atom. The number of methoxy groups -OCH3 is 1. The molecule has 6 nitrogen and oxygen atoms in total. The third-order valence-corrected chi connectivity index (χ3v) is 5.93. The molecule has 0 fully saturated rings. The first-order valence-electron chi connectivity index (χ1n) is 10.0. The van der Waals surface area contributed by atoms with Crippen LogP contribution in [0.3, 0.4) is 0 Å². The molecular weight excluding hydrogens is 499 g/mol. The van der Waals surface area contributed by atoms with Gasteiger partial charge in [-0.15, -0.1) is 0 Å². The second-order valence-corrected chi connectivity index (χ2v) is 8.54. The van der Waals surface area contributed by atoms with E-state index in [-0.39, 0.29) is 5.76 Å². The van der Waals surface area contributed by atoms with Gasteiger partial charge in [0.05, 0.1) is 17.2 Å². The number of amides is 1. The predicted octanol–water partition coefficient (Wildman–Crippen LogP) is 7.98. The lowest BCUT2D eigenvalue weighted by Gasteiger charge is -2.03. The van der Waals surface area contributed by atoms with Gasteiger partial charge in [-0.05, 0) is 66.7 Å². The Hall–Kier alpha value is -3.45. The number of furan rings is 1. The molecule has 1 N–H and O–H groups in total. The maximum atomic E-state index is 12.7. The number of carbonyl (C=O) groups excluding carboxylic acids is 1. The predicted molar refractivity (Wildman–Crippen MR) is 133 cm³/mol. The summed E-state index contributed by atoms with van der Waals surface area (Å²) in [6, 6.07) is 18.7. The molecule has 2 heterocycles. The summed E-state index contributed by atoms with van der Waals surface area (Å²) in [5, 5.41) is 4.24. The molecule has 5 rings (SSSR count). The topological polar surface area (TPSA) is 77.5 Å². The number of oxazole rings is 1. The van der Waals surface area contributed by atoms with E-state index in [2.05, 4.69) is 10.3 Å². The van der Waals surface area contributed by atoms with Crippen molar-refractivity contribution in [1.29, 1.82) is 0 Å². The van der Waals surface area contributed by atoms with Gasteiger partial charge < -0.3 is 18.9 Å². The zero-order valence-corrected chi connectivity index (χ0v) is 19.8. The highest BCUT2D eigenvalue weighted by Crippen LogP contribution is 2.33. The molecule has 0 aliphatic heterocycles. The van der Waals surface area contributed by atoms with Crippen LogP contribution in [0.4, 0.5) is 5.69 Å². The Kier molecular flexibility index (Phi) is 5.96. The third kappa shape index (κ3) is 4.35. The van der Waals surface area contributed by atoms with E-state index in [0.29, 0.717) is 60.4 Å². The normalized spacial score (nSPS) is 11.1. The van der Waals surface area contributed by atoms with Gasteiger partial charge in [-0.2, -0.15) is 0 Å². The lowest BCUT2D eigenvalue weighted by atomic mass is 10.2. The molecular formula is C25H15Cl3N2O4. The average Bonchev–Trinajstić information content (AvgIpc) is 3.48. The number of nitrogens with one attached hydrogen (secondary N) is 1. The highest BCUT2D eigenvalue weighted by molar-refractivity contribution is 6.35. The quantitative estimate of drug-likeness (QED) is 0.258. The fraction of sp³-hybridized carbons (Fsp3) is 0.0400. The zero-order valence-electron chi connectivity index (χ0n) is 17.6. The number of benzene rings is 3. The van der Waals surface area contributed by atoms with Crippen molar-refractivity contribution < 1.29 is 18.4 Å². The molecule has 0 saturated heterocycles. The fourth-order valence-corrected chi connectivity index (χ4v) is 4.05. The van der Waals surface area contributed by atoms with Crippen LogP contribution in [0.1, 0.15) is 10.6 Å². The number of rotatable bonds is 5. The molecule has 0 unspecified atom stereocenters. The number of ether oxygens (including phenoxy) is 1. The van der Waals surface area contributed by atoms with Crippen LogP contribution in [0.2, 0.25) is 15.1 Å². The van der Waals surface area contributed by atoms with Gasteiger partial charge in [-0.3, -0.25) is 4.79 Å². The molecule has 3 aromatic carbocycles. The zero-order chi connectivity index (χ0) is 23.8. The summed E-state index contributed by atoms with van der Waals surface area (Å²) >= 11 is 18.5. The molecule has 9 heteroatoms. The summed E-state index contributed by atoms with van der Waals surface area (Å²) in [5.74, 6) is 1.10. The van der Waals surface area contributed by atoms with Crippen molar-refractivity contribution >= 4 is 57.5 Å². The van der Waals surface area contributed by atoms with Crippen LogP contribution < -0.4 is 10.1 Å². The Morgan fingerprint density at radius 1 is 0.912 bits per heavy atom. The van der Waals surface area contributed by atoms with E-state index in [1.807, 2.05) is 0 Å². The number of anilines is 1. The van der Waals surface area contributed by atoms with Gasteiger partial charge in [0, 0.05) is 21.8 Å². The van der Waals surface area contributed by atoms with Gasteiger partial charge >= 0.3 is 0 Å². The number of halogens is 3. The number of hydrogen-bond acceptors (Lipinski definition) is 5. The SMILES string of the molecule is COc1ccc(-c2nc3cc(NC(=O)c4ccc(-c5cc(Cl)ccc5Cl)o4)ccc3o2)cc1Cl. The Bertz CT molecular complexity index is 1540. The first-order valence-corrected chi connectivity index (χ1v) is 11.2. The second-order valence-electron chi connectivity index (χ2n) is 7.29. The molecule has 0 spiro atoms. The standard InChI is InChI=1S/C25H15Cl3N2O4/c1-32-21-6-2-13(10-18(21)28)25-30-19-12-15(4-7-22(19)34-25)29-24(31)23-9-8-20(33-23)16-11-14(26)3-5-17(16)27/h2-12H,1H3,(H,29,31). The van der Waals surface area contributed by atoms with Crippen LogP contribution in [0.15, 0.2) is 75.6 Å². The minimum Gasteiger partial charge on any atom is -0.495 e. The van der Waals surface area contributed by atoms with Crippen molar-refractivity contribution in [3.8, 4) is 28.5 Å². The molecule has 0 atom stereocenters. The number of nitrogens with zero attached hydrogens (tertiary/aromatic N) is 1. The summed E-state index contributed by atoms with van der Waals surface area (Å²) in [4.78, 5) is 17.3. The van der Waals surface area contributed by atoms with E-state index in [1.54, 1.807) is 73.8 Å². The molecule has 5 aromatic rings. The highest BCUT2D eigenvalue weighted by atomic mass is 35.5. The largest absolute Gasteiger partial charge is 0.495 e. The molecule has 34 heavy (non-hydrogen) atoms. The van der Waals surface area contributed by atoms with Gasteiger partial charge in [0.1, 0.15) is 17.0 Å². The first-order chi connectivity index (χ1) is 16.4. The Morgan fingerprint density at radius 3 is 2.56 bits per heavy atom. The van der Waals surface area contributed by atoms with Gasteiger partial charge in [-0.25, -0.2) is 4.98 Å². The van der Waals surface area contributed by atoms with Crippen LogP contribution in [0.5, 0.6) is 5.75 Å². The average molecular weight is 514 g/mol. The second kappa shape index (κ2) is 9.06. The summed E-state index contributed by atoms with van der Waals surface area (Å²) in [6.07, 6.45) is 0. The maximum absolute atomic E-state index is 12.7. The van der Waals surface area contributed by atoms with E-state index >= 15 is 0 Å². The summed E-state index contributed by atoms with van der Waals surface area (Å²) < 4.78 is 16.7. The molecule has 0 radical (unpaired) electrons. The maximum Gasteiger partial charge on any atom is 0.291 e. The molecule has 0 aliphatic carbocycles. The molecule has 1 amide bonds. The van der Waals surface area contributed by atoms with Crippen molar-refractivity contribution in [3.63, 3.8) is 0 Å². The molecule has 0 bridgehead atoms. The molecule has 0 saturated carbocycles. The van der Waals surface area contributed by atoms with Gasteiger partial charge in [0.25, 0.3) is 5.91 Å². The van der Waals surface area contributed by atoms with Crippen molar-refractivity contribution in [1.82, 2.24) is 4.98 Å². The van der Waals surface area contributed by atoms with Gasteiger partial charge in [-0.1, -0.05) is 34.8 Å². The van der Waals surface area contributed by atoms with E-state index in [1.165, 1.54) is 0 Å². The van der Waals surface area contributed by atoms with Crippen LogP contribution in [-0.4, -0.2) is 18.0 Å². The first kappa shape index (κ1) is 22.3. The molecule has 170 valence electrons. The van der Waals surface area contributed by atoms with Gasteiger partial charge in [0.2, 0.25) is 5.89 Å². The van der Waals surface area contributed by atoms with Crippen LogP contribution in [0, 0.1) is 0 Å². The summed E-state index contributed by atoms with van der Waals surface area (Å²) in [7, 11) is 1.55. The number of hydrogen-bond donors (Lipinski definition) is 1. The van der Waals surface area contributed by atoms with Crippen molar-refractivity contribution in [2.45, 2.75) is 0 Å². The molecule has 2 aromatic heterocycles. The fourth-order valence-electron chi connectivity index (χ4n) is 3.41. The number of aromatic nitrogens is 1. The third-order valence-electron chi connectivity index (χ3n) is 5.07. The lowest BCUT2D eigenvalue weighted by Crippen LogP contribution is -2.10. The highest BCUT2D eigenvalue weighted by Gasteiger charge is 2.16. The number of fused-ring (bicyclic) bond motifs is 1. The smallest absolute Gasteiger partial charge is 0.291 e. The minimum atomic E-state index is -0.422. The van der Waals surface area contributed by atoms with Crippen LogP contribution in [-0.2, 0) is 0 Å². The Labute approximate surface area is 209 Å². The van der Waals surface area contributed by atoms with Crippen molar-refractivity contribution in [3.05, 3.63) is 87.6 Å². The monoisotopic (exact) mass is 512 g/mol. The summed E-state index contributed by atoms with van der Waals surface area (Å²) in [6.45, 7) is 0. The minimum absolute atomic E-state index is 0.125. The van der Waals surface area contributed by atoms with Crippen molar-refractivity contribution in [2.24, 2.45) is 0 Å². The van der Waals surface area contributed by atoms with Crippen molar-refractivity contribution in [2.75, 3.05) is 12.4 Å².